The van der Waals surface area contributed by atoms with Crippen molar-refractivity contribution in [3.63, 3.8) is 0 Å². The molecule has 4 rings (SSSR count). The van der Waals surface area contributed by atoms with Crippen molar-refractivity contribution in [2.24, 2.45) is 11.5 Å². The second-order valence-corrected chi connectivity index (χ2v) is 6.99. The SMILES string of the molecule is NCc1cc2c(C(N)=O)cccc2n1-c1nccc(NCc2cccc(B(O)O)c2)n1. The van der Waals surface area contributed by atoms with E-state index in [0.29, 0.717) is 34.7 Å². The first-order valence-electron chi connectivity index (χ1n) is 9.63. The first-order chi connectivity index (χ1) is 15.0. The van der Waals surface area contributed by atoms with Crippen molar-refractivity contribution >= 4 is 35.2 Å². The molecule has 0 aliphatic rings. The van der Waals surface area contributed by atoms with Crippen LogP contribution in [-0.2, 0) is 13.1 Å². The monoisotopic (exact) mass is 416 g/mol. The summed E-state index contributed by atoms with van der Waals surface area (Å²) < 4.78 is 1.80. The summed E-state index contributed by atoms with van der Waals surface area (Å²) in [5.74, 6) is 0.468. The van der Waals surface area contributed by atoms with Crippen molar-refractivity contribution in [2.45, 2.75) is 13.1 Å². The van der Waals surface area contributed by atoms with Gasteiger partial charge in [0, 0.05) is 35.9 Å². The smallest absolute Gasteiger partial charge is 0.423 e. The number of benzene rings is 2. The maximum atomic E-state index is 11.8. The van der Waals surface area contributed by atoms with E-state index in [9.17, 15) is 14.8 Å². The molecule has 0 fully saturated rings. The molecule has 7 N–H and O–H groups in total. The molecule has 0 aliphatic carbocycles. The molecule has 156 valence electrons. The van der Waals surface area contributed by atoms with E-state index in [-0.39, 0.29) is 6.54 Å². The summed E-state index contributed by atoms with van der Waals surface area (Å²) in [4.78, 5) is 20.8. The highest BCUT2D eigenvalue weighted by Gasteiger charge is 2.16. The van der Waals surface area contributed by atoms with Gasteiger partial charge in [-0.25, -0.2) is 4.98 Å². The molecule has 2 heterocycles. The minimum atomic E-state index is -1.52. The number of carbonyl (C=O) groups is 1. The number of amides is 1. The Kier molecular flexibility index (Phi) is 5.67. The molecule has 0 spiro atoms. The van der Waals surface area contributed by atoms with Crippen LogP contribution in [0.5, 0.6) is 0 Å². The second-order valence-electron chi connectivity index (χ2n) is 6.99. The molecule has 4 aromatic rings. The zero-order valence-corrected chi connectivity index (χ0v) is 16.6. The molecular weight excluding hydrogens is 395 g/mol. The molecule has 0 saturated carbocycles. The number of hydrogen-bond acceptors (Lipinski definition) is 7. The summed E-state index contributed by atoms with van der Waals surface area (Å²) >= 11 is 0. The summed E-state index contributed by atoms with van der Waals surface area (Å²) in [7, 11) is -1.52. The Labute approximate surface area is 178 Å². The summed E-state index contributed by atoms with van der Waals surface area (Å²) in [5, 5.41) is 22.6. The zero-order valence-electron chi connectivity index (χ0n) is 16.6. The average molecular weight is 416 g/mol. The normalized spacial score (nSPS) is 10.9. The molecule has 0 bridgehead atoms. The number of rotatable bonds is 7. The van der Waals surface area contributed by atoms with Crippen LogP contribution in [0.4, 0.5) is 5.82 Å². The van der Waals surface area contributed by atoms with Crippen LogP contribution in [0.1, 0.15) is 21.6 Å². The predicted molar refractivity (Wildman–Crippen MR) is 119 cm³/mol. The molecule has 0 unspecified atom stereocenters. The second kappa shape index (κ2) is 8.56. The third-order valence-corrected chi connectivity index (χ3v) is 4.96. The van der Waals surface area contributed by atoms with Gasteiger partial charge in [0.1, 0.15) is 5.82 Å². The maximum absolute atomic E-state index is 11.8. The number of aromatic nitrogens is 3. The number of nitrogens with two attached hydrogens (primary N) is 2. The van der Waals surface area contributed by atoms with Crippen LogP contribution in [-0.4, -0.2) is 37.6 Å². The topological polar surface area (TPSA) is 152 Å². The fourth-order valence-electron chi connectivity index (χ4n) is 3.50. The molecule has 1 amide bonds. The van der Waals surface area contributed by atoms with Gasteiger partial charge in [0.25, 0.3) is 0 Å². The van der Waals surface area contributed by atoms with Crippen LogP contribution in [0.25, 0.3) is 16.9 Å². The van der Waals surface area contributed by atoms with E-state index in [1.807, 2.05) is 18.2 Å². The molecule has 2 aromatic heterocycles. The number of anilines is 1. The number of fused-ring (bicyclic) bond motifs is 1. The quantitative estimate of drug-likeness (QED) is 0.271. The zero-order chi connectivity index (χ0) is 22.0. The first kappa shape index (κ1) is 20.5. The molecule has 2 aromatic carbocycles. The molecule has 9 nitrogen and oxygen atoms in total. The summed E-state index contributed by atoms with van der Waals surface area (Å²) in [6.45, 7) is 0.656. The highest BCUT2D eigenvalue weighted by molar-refractivity contribution is 6.58. The lowest BCUT2D eigenvalue weighted by atomic mass is 9.80. The van der Waals surface area contributed by atoms with Gasteiger partial charge in [-0.1, -0.05) is 30.3 Å². The van der Waals surface area contributed by atoms with Gasteiger partial charge in [-0.15, -0.1) is 0 Å². The van der Waals surface area contributed by atoms with Gasteiger partial charge in [0.15, 0.2) is 0 Å². The highest BCUT2D eigenvalue weighted by Crippen LogP contribution is 2.26. The average Bonchev–Trinajstić information content (AvgIpc) is 3.16. The molecule has 0 radical (unpaired) electrons. The fourth-order valence-corrected chi connectivity index (χ4v) is 3.50. The van der Waals surface area contributed by atoms with Crippen LogP contribution in [0, 0.1) is 0 Å². The van der Waals surface area contributed by atoms with E-state index in [1.54, 1.807) is 47.2 Å². The van der Waals surface area contributed by atoms with Crippen molar-refractivity contribution in [3.8, 4) is 5.95 Å². The minimum absolute atomic E-state index is 0.226. The van der Waals surface area contributed by atoms with Crippen molar-refractivity contribution in [1.29, 1.82) is 0 Å². The lowest BCUT2D eigenvalue weighted by Gasteiger charge is -2.11. The number of carbonyl (C=O) groups excluding carboxylic acids is 1. The molecular formula is C21H21BN6O3. The third-order valence-electron chi connectivity index (χ3n) is 4.96. The van der Waals surface area contributed by atoms with Crippen molar-refractivity contribution < 1.29 is 14.8 Å². The van der Waals surface area contributed by atoms with Gasteiger partial charge in [-0.05, 0) is 35.3 Å². The fraction of sp³-hybridized carbons (Fsp3) is 0.0952. The van der Waals surface area contributed by atoms with E-state index in [0.717, 1.165) is 16.8 Å². The van der Waals surface area contributed by atoms with Crippen LogP contribution in [0.15, 0.2) is 60.8 Å². The standard InChI is InChI=1S/C21H21BN6O3/c23-11-15-10-17-16(20(24)29)5-2-6-18(17)28(15)21-25-8-7-19(27-21)26-12-13-3-1-4-14(9-13)22(30)31/h1-10,30-31H,11-12,23H2,(H2,24,29)(H,25,26,27). The lowest BCUT2D eigenvalue weighted by molar-refractivity contribution is 0.100. The van der Waals surface area contributed by atoms with Gasteiger partial charge in [0.05, 0.1) is 5.52 Å². The Balaban J connectivity index is 1.67. The first-order valence-corrected chi connectivity index (χ1v) is 9.63. The van der Waals surface area contributed by atoms with Gasteiger partial charge in [-0.3, -0.25) is 9.36 Å². The van der Waals surface area contributed by atoms with Crippen LogP contribution < -0.4 is 22.2 Å². The molecule has 0 atom stereocenters. The minimum Gasteiger partial charge on any atom is -0.423 e. The van der Waals surface area contributed by atoms with Gasteiger partial charge in [0.2, 0.25) is 11.9 Å². The predicted octanol–water partition coefficient (Wildman–Crippen LogP) is 0.270. The van der Waals surface area contributed by atoms with Gasteiger partial charge >= 0.3 is 7.12 Å². The third kappa shape index (κ3) is 4.12. The summed E-state index contributed by atoms with van der Waals surface area (Å²) in [6.07, 6.45) is 1.63. The molecule has 31 heavy (non-hydrogen) atoms. The Morgan fingerprint density at radius 1 is 1.13 bits per heavy atom. The Hall–Kier alpha value is -3.73. The van der Waals surface area contributed by atoms with Crippen LogP contribution >= 0.6 is 0 Å². The van der Waals surface area contributed by atoms with Crippen LogP contribution in [0.3, 0.4) is 0 Å². The summed E-state index contributed by atoms with van der Waals surface area (Å²) in [6, 6.07) is 15.8. The maximum Gasteiger partial charge on any atom is 0.488 e. The Morgan fingerprint density at radius 2 is 1.94 bits per heavy atom. The largest absolute Gasteiger partial charge is 0.488 e. The van der Waals surface area contributed by atoms with Crippen LogP contribution in [0.2, 0.25) is 0 Å². The number of hydrogen-bond donors (Lipinski definition) is 5. The van der Waals surface area contributed by atoms with E-state index in [2.05, 4.69) is 15.3 Å². The molecule has 0 aliphatic heterocycles. The number of primary amides is 1. The molecule has 10 heteroatoms. The van der Waals surface area contributed by atoms with Crippen molar-refractivity contribution in [3.05, 3.63) is 77.6 Å². The van der Waals surface area contributed by atoms with E-state index >= 15 is 0 Å². The molecule has 0 saturated heterocycles. The Bertz CT molecular complexity index is 1260. The van der Waals surface area contributed by atoms with Crippen molar-refractivity contribution in [2.75, 3.05) is 5.32 Å². The lowest BCUT2D eigenvalue weighted by Crippen LogP contribution is -2.30. The highest BCUT2D eigenvalue weighted by atomic mass is 16.4. The van der Waals surface area contributed by atoms with Gasteiger partial charge in [-0.2, -0.15) is 4.98 Å². The number of nitrogens with one attached hydrogen (secondary N) is 1. The van der Waals surface area contributed by atoms with E-state index in [1.165, 1.54) is 0 Å². The summed E-state index contributed by atoms with van der Waals surface area (Å²) in [5.41, 5.74) is 14.6. The Morgan fingerprint density at radius 3 is 2.68 bits per heavy atom. The number of nitrogens with zero attached hydrogens (tertiary/aromatic N) is 3. The van der Waals surface area contributed by atoms with E-state index < -0.39 is 13.0 Å². The van der Waals surface area contributed by atoms with Crippen molar-refractivity contribution in [1.82, 2.24) is 14.5 Å². The van der Waals surface area contributed by atoms with Gasteiger partial charge < -0.3 is 26.8 Å². The van der Waals surface area contributed by atoms with E-state index in [4.69, 9.17) is 11.5 Å².